The molecular weight excluding hydrogens is 318 g/mol. The molecule has 1 N–H and O–H groups in total. The first kappa shape index (κ1) is 16.4. The summed E-state index contributed by atoms with van der Waals surface area (Å²) in [4.78, 5) is 11.0. The molecule has 0 aromatic carbocycles. The number of nitrogens with zero attached hydrogens (tertiary/aromatic N) is 3. The number of aryl methyl sites for hydroxylation is 1. The third-order valence-corrected chi connectivity index (χ3v) is 6.78. The Labute approximate surface area is 136 Å². The summed E-state index contributed by atoms with van der Waals surface area (Å²) >= 11 is 0. The van der Waals surface area contributed by atoms with E-state index in [-0.39, 0.29) is 24.2 Å². The normalized spacial score (nSPS) is 21.8. The first-order chi connectivity index (χ1) is 10.9. The molecule has 2 heterocycles. The van der Waals surface area contributed by atoms with Crippen LogP contribution in [0.1, 0.15) is 50.3 Å². The quantitative estimate of drug-likeness (QED) is 0.901. The Balaban J connectivity index is 1.84. The lowest BCUT2D eigenvalue weighted by molar-refractivity contribution is -0.142. The van der Waals surface area contributed by atoms with Crippen molar-refractivity contribution in [1.82, 2.24) is 14.1 Å². The number of piperidine rings is 1. The molecule has 1 aliphatic heterocycles. The fourth-order valence-electron chi connectivity index (χ4n) is 3.57. The van der Waals surface area contributed by atoms with Gasteiger partial charge in [0.25, 0.3) is 10.0 Å². The predicted octanol–water partition coefficient (Wildman–Crippen LogP) is 1.79. The van der Waals surface area contributed by atoms with Gasteiger partial charge in [-0.25, -0.2) is 13.1 Å². The van der Waals surface area contributed by atoms with Crippen molar-refractivity contribution < 1.29 is 18.3 Å². The van der Waals surface area contributed by atoms with Gasteiger partial charge in [-0.2, -0.15) is 9.40 Å². The average molecular weight is 341 g/mol. The molecule has 1 saturated carbocycles. The topological polar surface area (TPSA) is 92.5 Å². The zero-order valence-corrected chi connectivity index (χ0v) is 14.1. The Hall–Kier alpha value is -1.41. The first-order valence-corrected chi connectivity index (χ1v) is 9.62. The predicted molar refractivity (Wildman–Crippen MR) is 83.6 cm³/mol. The summed E-state index contributed by atoms with van der Waals surface area (Å²) in [6, 6.07) is 1.79. The van der Waals surface area contributed by atoms with Gasteiger partial charge in [0.15, 0.2) is 5.03 Å². The molecule has 1 aromatic rings. The SMILES string of the molecule is Cc1cc(S(=O)(=O)N2CCC(C(=O)O)CC2)n(C2CCCC2)n1. The fraction of sp³-hybridized carbons (Fsp3) is 0.733. The van der Waals surface area contributed by atoms with Crippen molar-refractivity contribution in [3.63, 3.8) is 0 Å². The van der Waals surface area contributed by atoms with E-state index in [9.17, 15) is 13.2 Å². The van der Waals surface area contributed by atoms with E-state index < -0.39 is 21.9 Å². The van der Waals surface area contributed by atoms with Crippen LogP contribution < -0.4 is 0 Å². The lowest BCUT2D eigenvalue weighted by atomic mass is 9.99. The second-order valence-electron chi connectivity index (χ2n) is 6.52. The maximum Gasteiger partial charge on any atom is 0.306 e. The average Bonchev–Trinajstić information content (AvgIpc) is 3.16. The number of carboxylic acids is 1. The van der Waals surface area contributed by atoms with Crippen molar-refractivity contribution >= 4 is 16.0 Å². The van der Waals surface area contributed by atoms with Gasteiger partial charge in [0.05, 0.1) is 17.7 Å². The van der Waals surface area contributed by atoms with E-state index in [4.69, 9.17) is 5.11 Å². The lowest BCUT2D eigenvalue weighted by Crippen LogP contribution is -2.41. The van der Waals surface area contributed by atoms with Crippen LogP contribution in [0.5, 0.6) is 0 Å². The second-order valence-corrected chi connectivity index (χ2v) is 8.41. The summed E-state index contributed by atoms with van der Waals surface area (Å²) in [5, 5.41) is 13.7. The molecule has 1 aliphatic carbocycles. The lowest BCUT2D eigenvalue weighted by Gasteiger charge is -2.29. The Kier molecular flexibility index (Phi) is 4.46. The largest absolute Gasteiger partial charge is 0.481 e. The number of sulfonamides is 1. The van der Waals surface area contributed by atoms with Gasteiger partial charge in [-0.05, 0) is 38.7 Å². The minimum absolute atomic E-state index is 0.157. The van der Waals surface area contributed by atoms with Crippen molar-refractivity contribution in [3.05, 3.63) is 11.8 Å². The standard InChI is InChI=1S/C15H23N3O4S/c1-11-10-14(18(16-11)13-4-2-3-5-13)23(21,22)17-8-6-12(7-9-17)15(19)20/h10,12-13H,2-9H2,1H3,(H,19,20). The van der Waals surface area contributed by atoms with Crippen LogP contribution in [0.3, 0.4) is 0 Å². The van der Waals surface area contributed by atoms with Crippen LogP contribution in [0.25, 0.3) is 0 Å². The van der Waals surface area contributed by atoms with Gasteiger partial charge in [-0.3, -0.25) is 4.79 Å². The Morgan fingerprint density at radius 2 is 1.83 bits per heavy atom. The van der Waals surface area contributed by atoms with Crippen molar-refractivity contribution in [2.45, 2.75) is 56.5 Å². The van der Waals surface area contributed by atoms with Crippen LogP contribution in [0.2, 0.25) is 0 Å². The molecule has 0 radical (unpaired) electrons. The minimum Gasteiger partial charge on any atom is -0.481 e. The van der Waals surface area contributed by atoms with E-state index in [1.165, 1.54) is 4.31 Å². The highest BCUT2D eigenvalue weighted by Gasteiger charge is 2.35. The molecule has 1 aromatic heterocycles. The third kappa shape index (κ3) is 3.14. The number of hydrogen-bond acceptors (Lipinski definition) is 4. The van der Waals surface area contributed by atoms with Crippen LogP contribution in [-0.4, -0.2) is 46.7 Å². The van der Waals surface area contributed by atoms with Gasteiger partial charge in [-0.1, -0.05) is 12.8 Å². The molecule has 7 nitrogen and oxygen atoms in total. The summed E-state index contributed by atoms with van der Waals surface area (Å²) in [5.41, 5.74) is 0.705. The van der Waals surface area contributed by atoms with Gasteiger partial charge in [-0.15, -0.1) is 0 Å². The van der Waals surface area contributed by atoms with Crippen LogP contribution in [0.15, 0.2) is 11.1 Å². The number of rotatable bonds is 4. The Morgan fingerprint density at radius 1 is 1.22 bits per heavy atom. The molecule has 0 unspecified atom stereocenters. The molecule has 8 heteroatoms. The summed E-state index contributed by atoms with van der Waals surface area (Å²) < 4.78 is 29.0. The first-order valence-electron chi connectivity index (χ1n) is 8.18. The van der Waals surface area contributed by atoms with E-state index in [0.717, 1.165) is 25.7 Å². The molecule has 3 rings (SSSR count). The number of carboxylic acid groups (broad SMARTS) is 1. The monoisotopic (exact) mass is 341 g/mol. The summed E-state index contributed by atoms with van der Waals surface area (Å²) in [7, 11) is -3.62. The molecular formula is C15H23N3O4S. The van der Waals surface area contributed by atoms with E-state index >= 15 is 0 Å². The van der Waals surface area contributed by atoms with E-state index in [2.05, 4.69) is 5.10 Å². The number of aliphatic carboxylic acids is 1. The number of hydrogen-bond donors (Lipinski definition) is 1. The van der Waals surface area contributed by atoms with Gasteiger partial charge in [0.2, 0.25) is 0 Å². The molecule has 0 bridgehead atoms. The molecule has 0 atom stereocenters. The smallest absolute Gasteiger partial charge is 0.306 e. The Morgan fingerprint density at radius 3 is 2.39 bits per heavy atom. The molecule has 128 valence electrons. The molecule has 23 heavy (non-hydrogen) atoms. The highest BCUT2D eigenvalue weighted by molar-refractivity contribution is 7.89. The molecule has 1 saturated heterocycles. The maximum atomic E-state index is 13.0. The number of aromatic nitrogens is 2. The fourth-order valence-corrected chi connectivity index (χ4v) is 5.27. The zero-order chi connectivity index (χ0) is 16.6. The van der Waals surface area contributed by atoms with Crippen molar-refractivity contribution in [1.29, 1.82) is 0 Å². The number of carbonyl (C=O) groups is 1. The summed E-state index contributed by atoms with van der Waals surface area (Å²) in [6.07, 6.45) is 4.87. The van der Waals surface area contributed by atoms with Crippen LogP contribution in [0, 0.1) is 12.8 Å². The molecule has 2 aliphatic rings. The highest BCUT2D eigenvalue weighted by atomic mass is 32.2. The van der Waals surface area contributed by atoms with E-state index in [0.29, 0.717) is 18.5 Å². The van der Waals surface area contributed by atoms with Crippen molar-refractivity contribution in [2.24, 2.45) is 5.92 Å². The van der Waals surface area contributed by atoms with Gasteiger partial charge in [0.1, 0.15) is 0 Å². The molecule has 0 amide bonds. The van der Waals surface area contributed by atoms with Gasteiger partial charge >= 0.3 is 5.97 Å². The van der Waals surface area contributed by atoms with Crippen molar-refractivity contribution in [2.75, 3.05) is 13.1 Å². The van der Waals surface area contributed by atoms with Gasteiger partial charge in [0, 0.05) is 13.1 Å². The van der Waals surface area contributed by atoms with Gasteiger partial charge < -0.3 is 5.11 Å². The molecule has 0 spiro atoms. The van der Waals surface area contributed by atoms with E-state index in [1.807, 2.05) is 0 Å². The summed E-state index contributed by atoms with van der Waals surface area (Å²) in [5.74, 6) is -1.28. The van der Waals surface area contributed by atoms with Crippen LogP contribution in [0.4, 0.5) is 0 Å². The van der Waals surface area contributed by atoms with Crippen LogP contribution >= 0.6 is 0 Å². The van der Waals surface area contributed by atoms with E-state index in [1.54, 1.807) is 17.7 Å². The third-order valence-electron chi connectivity index (χ3n) is 4.90. The Bertz CT molecular complexity index is 684. The minimum atomic E-state index is -3.62. The molecule has 2 fully saturated rings. The summed E-state index contributed by atoms with van der Waals surface area (Å²) in [6.45, 7) is 2.32. The maximum absolute atomic E-state index is 13.0. The zero-order valence-electron chi connectivity index (χ0n) is 13.3. The van der Waals surface area contributed by atoms with Crippen LogP contribution in [-0.2, 0) is 14.8 Å². The second kappa shape index (κ2) is 6.24. The van der Waals surface area contributed by atoms with Crippen molar-refractivity contribution in [3.8, 4) is 0 Å². The highest BCUT2D eigenvalue weighted by Crippen LogP contribution is 2.33.